The highest BCUT2D eigenvalue weighted by atomic mass is 16.6. The molecule has 6 heteroatoms. The van der Waals surface area contributed by atoms with Gasteiger partial charge in [0.25, 0.3) is 0 Å². The van der Waals surface area contributed by atoms with E-state index in [2.05, 4.69) is 130 Å². The van der Waals surface area contributed by atoms with Gasteiger partial charge < -0.3 is 14.2 Å². The Morgan fingerprint density at radius 3 is 0.824 bits per heavy atom. The van der Waals surface area contributed by atoms with Gasteiger partial charge in [0, 0.05) is 19.3 Å². The monoisotopic (exact) mass is 1030 g/mol. The standard InChI is InChI=1S/C68H114O6/c1-4-7-10-13-16-19-22-24-26-28-30-31-32-33-34-35-36-37-39-40-42-44-46-49-52-55-58-61-67(70)73-64-65(63-72-66(69)60-57-54-51-48-21-18-15-12-9-6-3)74-68(71)62-59-56-53-50-47-45-43-41-38-29-27-25-23-20-17-14-11-8-5-2/h7-8,10-11,16-17,19-20,24-27,30-31,33-34,38,41,65H,4-6,9,12-15,18,21-23,28-29,32,35-37,39-40,42-64H2,1-3H3/b10-7-,11-8-,19-16-,20-17-,26-24-,27-25-,31-30-,34-33-,41-38-. The Hall–Kier alpha value is -3.93. The van der Waals surface area contributed by atoms with Crippen LogP contribution in [0.2, 0.25) is 0 Å². The zero-order chi connectivity index (χ0) is 53.6. The highest BCUT2D eigenvalue weighted by Crippen LogP contribution is 2.16. The lowest BCUT2D eigenvalue weighted by molar-refractivity contribution is -0.167. The molecule has 0 bridgehead atoms. The third kappa shape index (κ3) is 59.0. The van der Waals surface area contributed by atoms with Crippen LogP contribution in [-0.4, -0.2) is 37.2 Å². The summed E-state index contributed by atoms with van der Waals surface area (Å²) in [6.07, 6.45) is 83.8. The summed E-state index contributed by atoms with van der Waals surface area (Å²) >= 11 is 0. The Balaban J connectivity index is 4.27. The molecule has 0 aliphatic rings. The van der Waals surface area contributed by atoms with Crippen molar-refractivity contribution < 1.29 is 28.6 Å². The van der Waals surface area contributed by atoms with Crippen LogP contribution in [0.4, 0.5) is 0 Å². The maximum atomic E-state index is 12.9. The van der Waals surface area contributed by atoms with Crippen molar-refractivity contribution in [1.82, 2.24) is 0 Å². The highest BCUT2D eigenvalue weighted by molar-refractivity contribution is 5.71. The molecule has 1 unspecified atom stereocenters. The molecule has 0 aromatic carbocycles. The number of hydrogen-bond acceptors (Lipinski definition) is 6. The van der Waals surface area contributed by atoms with Crippen LogP contribution in [0.15, 0.2) is 109 Å². The molecule has 0 radical (unpaired) electrons. The van der Waals surface area contributed by atoms with E-state index in [1.54, 1.807) is 0 Å². The highest BCUT2D eigenvalue weighted by Gasteiger charge is 2.19. The molecule has 0 aromatic heterocycles. The first-order chi connectivity index (χ1) is 36.5. The molecule has 0 aliphatic heterocycles. The average molecular weight is 1030 g/mol. The summed E-state index contributed by atoms with van der Waals surface area (Å²) in [7, 11) is 0. The molecule has 0 heterocycles. The fraction of sp³-hybridized carbons (Fsp3) is 0.691. The number of carbonyl (C=O) groups is 3. The van der Waals surface area contributed by atoms with Gasteiger partial charge in [0.05, 0.1) is 0 Å². The molecular formula is C68H114O6. The molecule has 422 valence electrons. The number of unbranched alkanes of at least 4 members (excludes halogenated alkanes) is 26. The summed E-state index contributed by atoms with van der Waals surface area (Å²) in [5, 5.41) is 0. The van der Waals surface area contributed by atoms with Crippen molar-refractivity contribution in [3.8, 4) is 0 Å². The van der Waals surface area contributed by atoms with Crippen molar-refractivity contribution >= 4 is 17.9 Å². The molecule has 0 N–H and O–H groups in total. The van der Waals surface area contributed by atoms with Gasteiger partial charge in [-0.3, -0.25) is 14.4 Å². The minimum Gasteiger partial charge on any atom is -0.462 e. The number of ether oxygens (including phenoxy) is 3. The lowest BCUT2D eigenvalue weighted by Gasteiger charge is -2.18. The first kappa shape index (κ1) is 70.1. The summed E-state index contributed by atoms with van der Waals surface area (Å²) in [4.78, 5) is 38.2. The Morgan fingerprint density at radius 2 is 0.527 bits per heavy atom. The van der Waals surface area contributed by atoms with Gasteiger partial charge in [0.1, 0.15) is 13.2 Å². The second-order valence-electron chi connectivity index (χ2n) is 20.2. The fourth-order valence-electron chi connectivity index (χ4n) is 8.46. The SMILES string of the molecule is CC/C=C\C/C=C\C/C=C\C/C=C\C/C=C\CCCCCCCCCCCCCC(=O)OCC(COC(=O)CCCCCCCCCCCC)OC(=O)CCCCCCCC/C=C\C/C=C\C/C=C\C/C=C\CC. The van der Waals surface area contributed by atoms with E-state index in [1.807, 2.05) is 0 Å². The van der Waals surface area contributed by atoms with Crippen LogP contribution in [0, 0.1) is 0 Å². The van der Waals surface area contributed by atoms with Crippen LogP contribution >= 0.6 is 0 Å². The minimum atomic E-state index is -0.787. The number of allylic oxidation sites excluding steroid dienone is 18. The van der Waals surface area contributed by atoms with Crippen LogP contribution in [-0.2, 0) is 28.6 Å². The normalized spacial score (nSPS) is 12.9. The van der Waals surface area contributed by atoms with Gasteiger partial charge in [0.2, 0.25) is 0 Å². The van der Waals surface area contributed by atoms with Crippen molar-refractivity contribution in [2.75, 3.05) is 13.2 Å². The van der Waals surface area contributed by atoms with Crippen molar-refractivity contribution in [2.45, 2.75) is 290 Å². The third-order valence-electron chi connectivity index (χ3n) is 13.0. The molecule has 0 aliphatic carbocycles. The van der Waals surface area contributed by atoms with Gasteiger partial charge in [-0.1, -0.05) is 271 Å². The van der Waals surface area contributed by atoms with E-state index in [1.165, 1.54) is 116 Å². The Labute approximate surface area is 457 Å². The zero-order valence-corrected chi connectivity index (χ0v) is 48.3. The first-order valence-electron chi connectivity index (χ1n) is 30.9. The third-order valence-corrected chi connectivity index (χ3v) is 13.0. The zero-order valence-electron chi connectivity index (χ0n) is 48.3. The number of esters is 3. The molecule has 6 nitrogen and oxygen atoms in total. The summed E-state index contributed by atoms with van der Waals surface area (Å²) in [5.41, 5.74) is 0. The Bertz CT molecular complexity index is 1510. The van der Waals surface area contributed by atoms with Crippen LogP contribution < -0.4 is 0 Å². The maximum Gasteiger partial charge on any atom is 0.306 e. The minimum absolute atomic E-state index is 0.0833. The summed E-state index contributed by atoms with van der Waals surface area (Å²) in [6, 6.07) is 0. The number of rotatable bonds is 55. The number of carbonyl (C=O) groups excluding carboxylic acids is 3. The van der Waals surface area contributed by atoms with E-state index in [4.69, 9.17) is 14.2 Å². The molecule has 0 spiro atoms. The largest absolute Gasteiger partial charge is 0.462 e. The molecule has 0 amide bonds. The van der Waals surface area contributed by atoms with Crippen LogP contribution in [0.1, 0.15) is 284 Å². The second kappa shape index (κ2) is 61.6. The van der Waals surface area contributed by atoms with Crippen molar-refractivity contribution in [1.29, 1.82) is 0 Å². The van der Waals surface area contributed by atoms with E-state index < -0.39 is 6.10 Å². The fourth-order valence-corrected chi connectivity index (χ4v) is 8.46. The first-order valence-corrected chi connectivity index (χ1v) is 30.9. The smallest absolute Gasteiger partial charge is 0.306 e. The maximum absolute atomic E-state index is 12.9. The quantitative estimate of drug-likeness (QED) is 0.0261. The van der Waals surface area contributed by atoms with Gasteiger partial charge >= 0.3 is 17.9 Å². The topological polar surface area (TPSA) is 78.9 Å². The van der Waals surface area contributed by atoms with E-state index in [0.29, 0.717) is 19.3 Å². The van der Waals surface area contributed by atoms with Gasteiger partial charge in [-0.05, 0) is 103 Å². The van der Waals surface area contributed by atoms with E-state index in [-0.39, 0.29) is 31.1 Å². The van der Waals surface area contributed by atoms with E-state index >= 15 is 0 Å². The van der Waals surface area contributed by atoms with Crippen molar-refractivity contribution in [3.63, 3.8) is 0 Å². The van der Waals surface area contributed by atoms with Gasteiger partial charge in [-0.25, -0.2) is 0 Å². The predicted molar refractivity (Wildman–Crippen MR) is 320 cm³/mol. The molecule has 0 saturated carbocycles. The van der Waals surface area contributed by atoms with E-state index in [9.17, 15) is 14.4 Å². The summed E-state index contributed by atoms with van der Waals surface area (Å²) in [6.45, 7) is 6.40. The molecule has 0 fully saturated rings. The lowest BCUT2D eigenvalue weighted by atomic mass is 10.0. The second-order valence-corrected chi connectivity index (χ2v) is 20.2. The Kier molecular flexibility index (Phi) is 58.3. The van der Waals surface area contributed by atoms with E-state index in [0.717, 1.165) is 128 Å². The molecule has 0 saturated heterocycles. The predicted octanol–water partition coefficient (Wildman–Crippen LogP) is 21.0. The molecule has 0 rings (SSSR count). The van der Waals surface area contributed by atoms with Crippen LogP contribution in [0.3, 0.4) is 0 Å². The summed E-state index contributed by atoms with van der Waals surface area (Å²) < 4.78 is 16.9. The van der Waals surface area contributed by atoms with Gasteiger partial charge in [-0.2, -0.15) is 0 Å². The number of hydrogen-bond donors (Lipinski definition) is 0. The average Bonchev–Trinajstić information content (AvgIpc) is 3.40. The lowest BCUT2D eigenvalue weighted by Crippen LogP contribution is -2.30. The molecule has 1 atom stereocenters. The molecule has 74 heavy (non-hydrogen) atoms. The van der Waals surface area contributed by atoms with Crippen LogP contribution in [0.25, 0.3) is 0 Å². The van der Waals surface area contributed by atoms with Gasteiger partial charge in [0.15, 0.2) is 6.10 Å². The van der Waals surface area contributed by atoms with Crippen molar-refractivity contribution in [2.24, 2.45) is 0 Å². The van der Waals surface area contributed by atoms with Gasteiger partial charge in [-0.15, -0.1) is 0 Å². The molecule has 0 aromatic rings. The molecular weight excluding hydrogens is 913 g/mol. The van der Waals surface area contributed by atoms with Crippen LogP contribution in [0.5, 0.6) is 0 Å². The Morgan fingerprint density at radius 1 is 0.284 bits per heavy atom. The van der Waals surface area contributed by atoms with Crippen molar-refractivity contribution in [3.05, 3.63) is 109 Å². The summed E-state index contributed by atoms with van der Waals surface area (Å²) in [5.74, 6) is -0.897.